The van der Waals surface area contributed by atoms with Gasteiger partial charge in [-0.25, -0.2) is 4.98 Å². The molecule has 0 N–H and O–H groups in total. The van der Waals surface area contributed by atoms with Crippen LogP contribution in [0, 0.1) is 11.3 Å². The molecular formula is C17H15N3. The summed E-state index contributed by atoms with van der Waals surface area (Å²) in [5, 5.41) is 9.14. The highest BCUT2D eigenvalue weighted by Crippen LogP contribution is 2.19. The van der Waals surface area contributed by atoms with Crippen molar-refractivity contribution in [1.82, 2.24) is 9.55 Å². The van der Waals surface area contributed by atoms with Crippen molar-refractivity contribution in [3.05, 3.63) is 65.5 Å². The summed E-state index contributed by atoms with van der Waals surface area (Å²) in [4.78, 5) is 4.64. The van der Waals surface area contributed by atoms with E-state index < -0.39 is 0 Å². The van der Waals surface area contributed by atoms with E-state index in [0.717, 1.165) is 29.7 Å². The van der Waals surface area contributed by atoms with E-state index in [1.807, 2.05) is 31.3 Å². The largest absolute Gasteiger partial charge is 0.331 e. The fourth-order valence-corrected chi connectivity index (χ4v) is 2.48. The van der Waals surface area contributed by atoms with Gasteiger partial charge in [0.25, 0.3) is 0 Å². The lowest BCUT2D eigenvalue weighted by molar-refractivity contribution is 0.787. The maximum atomic E-state index is 9.14. The monoisotopic (exact) mass is 261 g/mol. The number of hydrogen-bond donors (Lipinski definition) is 0. The normalized spacial score (nSPS) is 10.6. The van der Waals surface area contributed by atoms with Crippen LogP contribution in [0.25, 0.3) is 11.0 Å². The summed E-state index contributed by atoms with van der Waals surface area (Å²) in [6.07, 6.45) is 1.83. The van der Waals surface area contributed by atoms with Gasteiger partial charge in [-0.05, 0) is 24.1 Å². The van der Waals surface area contributed by atoms with Crippen LogP contribution in [0.15, 0.2) is 48.5 Å². The van der Waals surface area contributed by atoms with Crippen LogP contribution in [0.5, 0.6) is 0 Å². The number of imidazole rings is 1. The van der Waals surface area contributed by atoms with Gasteiger partial charge in [-0.15, -0.1) is 0 Å². The zero-order valence-electron chi connectivity index (χ0n) is 11.4. The first-order valence-electron chi connectivity index (χ1n) is 6.68. The summed E-state index contributed by atoms with van der Waals surface area (Å²) in [5.74, 6) is 1.02. The van der Waals surface area contributed by atoms with E-state index in [2.05, 4.69) is 39.9 Å². The molecule has 0 aliphatic heterocycles. The number of nitrogens with zero attached hydrogens (tertiary/aromatic N) is 3. The van der Waals surface area contributed by atoms with Gasteiger partial charge in [0.15, 0.2) is 0 Å². The molecule has 3 aromatic rings. The van der Waals surface area contributed by atoms with Crippen LogP contribution in [0.2, 0.25) is 0 Å². The Bertz CT molecular complexity index is 779. The summed E-state index contributed by atoms with van der Waals surface area (Å²) in [6, 6.07) is 18.3. The Labute approximate surface area is 118 Å². The van der Waals surface area contributed by atoms with Crippen molar-refractivity contribution in [2.24, 2.45) is 7.05 Å². The number of benzene rings is 2. The molecule has 3 heteroatoms. The second-order valence-corrected chi connectivity index (χ2v) is 4.86. The van der Waals surface area contributed by atoms with Gasteiger partial charge >= 0.3 is 0 Å². The SMILES string of the molecule is Cn1c(CCc2ccccc2)nc2c(C#N)cccc21. The number of para-hydroxylation sites is 1. The molecule has 3 nitrogen and oxygen atoms in total. The highest BCUT2D eigenvalue weighted by Gasteiger charge is 2.10. The van der Waals surface area contributed by atoms with Gasteiger partial charge in [0.1, 0.15) is 17.4 Å². The second-order valence-electron chi connectivity index (χ2n) is 4.86. The smallest absolute Gasteiger partial charge is 0.109 e. The van der Waals surface area contributed by atoms with Crippen LogP contribution in [-0.4, -0.2) is 9.55 Å². The van der Waals surface area contributed by atoms with E-state index in [1.165, 1.54) is 5.56 Å². The minimum atomic E-state index is 0.643. The third-order valence-corrected chi connectivity index (χ3v) is 3.60. The molecular weight excluding hydrogens is 246 g/mol. The molecule has 0 aliphatic rings. The molecule has 0 saturated heterocycles. The zero-order valence-corrected chi connectivity index (χ0v) is 11.4. The summed E-state index contributed by atoms with van der Waals surface area (Å²) >= 11 is 0. The van der Waals surface area contributed by atoms with E-state index in [-0.39, 0.29) is 0 Å². The number of nitriles is 1. The van der Waals surface area contributed by atoms with Gasteiger partial charge in [-0.1, -0.05) is 36.4 Å². The van der Waals surface area contributed by atoms with Crippen molar-refractivity contribution in [3.63, 3.8) is 0 Å². The fourth-order valence-electron chi connectivity index (χ4n) is 2.48. The maximum absolute atomic E-state index is 9.14. The van der Waals surface area contributed by atoms with Crippen molar-refractivity contribution in [2.45, 2.75) is 12.8 Å². The Morgan fingerprint density at radius 3 is 2.60 bits per heavy atom. The molecule has 3 rings (SSSR count). The van der Waals surface area contributed by atoms with Crippen LogP contribution in [0.4, 0.5) is 0 Å². The molecule has 1 heterocycles. The lowest BCUT2D eigenvalue weighted by Crippen LogP contribution is -2.00. The van der Waals surface area contributed by atoms with E-state index in [4.69, 9.17) is 5.26 Å². The standard InChI is InChI=1S/C17H15N3/c1-20-15-9-5-8-14(12-18)17(15)19-16(20)11-10-13-6-3-2-4-7-13/h2-9H,10-11H2,1H3. The highest BCUT2D eigenvalue weighted by atomic mass is 15.1. The molecule has 0 aliphatic carbocycles. The van der Waals surface area contributed by atoms with Gasteiger partial charge in [-0.3, -0.25) is 0 Å². The quantitative estimate of drug-likeness (QED) is 0.726. The number of rotatable bonds is 3. The summed E-state index contributed by atoms with van der Waals surface area (Å²) in [7, 11) is 2.01. The summed E-state index contributed by atoms with van der Waals surface area (Å²) < 4.78 is 2.08. The van der Waals surface area contributed by atoms with Gasteiger partial charge in [0, 0.05) is 13.5 Å². The number of hydrogen-bond acceptors (Lipinski definition) is 2. The molecule has 0 spiro atoms. The maximum Gasteiger partial charge on any atom is 0.109 e. The first kappa shape index (κ1) is 12.4. The molecule has 0 unspecified atom stereocenters. The van der Waals surface area contributed by atoms with Gasteiger partial charge in [0.05, 0.1) is 11.1 Å². The molecule has 1 aromatic heterocycles. The fraction of sp³-hybridized carbons (Fsp3) is 0.176. The summed E-state index contributed by atoms with van der Waals surface area (Å²) in [5.41, 5.74) is 3.77. The van der Waals surface area contributed by atoms with Gasteiger partial charge < -0.3 is 4.57 Å². The van der Waals surface area contributed by atoms with Crippen molar-refractivity contribution in [2.75, 3.05) is 0 Å². The van der Waals surface area contributed by atoms with E-state index in [9.17, 15) is 0 Å². The molecule has 0 radical (unpaired) electrons. The lowest BCUT2D eigenvalue weighted by atomic mass is 10.1. The lowest BCUT2D eigenvalue weighted by Gasteiger charge is -2.02. The average Bonchev–Trinajstić information content (AvgIpc) is 2.83. The third-order valence-electron chi connectivity index (χ3n) is 3.60. The van der Waals surface area contributed by atoms with Crippen molar-refractivity contribution in [1.29, 1.82) is 5.26 Å². The van der Waals surface area contributed by atoms with Crippen LogP contribution in [0.3, 0.4) is 0 Å². The number of fused-ring (bicyclic) bond motifs is 1. The minimum Gasteiger partial charge on any atom is -0.331 e. The van der Waals surface area contributed by atoms with Gasteiger partial charge in [0.2, 0.25) is 0 Å². The van der Waals surface area contributed by atoms with E-state index in [1.54, 1.807) is 0 Å². The van der Waals surface area contributed by atoms with Crippen molar-refractivity contribution in [3.8, 4) is 6.07 Å². The zero-order chi connectivity index (χ0) is 13.9. The third kappa shape index (κ3) is 2.17. The van der Waals surface area contributed by atoms with Crippen LogP contribution in [-0.2, 0) is 19.9 Å². The van der Waals surface area contributed by atoms with Crippen molar-refractivity contribution >= 4 is 11.0 Å². The Morgan fingerprint density at radius 1 is 1.05 bits per heavy atom. The van der Waals surface area contributed by atoms with E-state index >= 15 is 0 Å². The molecule has 2 aromatic carbocycles. The molecule has 0 amide bonds. The molecule has 98 valence electrons. The Morgan fingerprint density at radius 2 is 1.85 bits per heavy atom. The van der Waals surface area contributed by atoms with Crippen LogP contribution >= 0.6 is 0 Å². The minimum absolute atomic E-state index is 0.643. The topological polar surface area (TPSA) is 41.6 Å². The van der Waals surface area contributed by atoms with Gasteiger partial charge in [-0.2, -0.15) is 5.26 Å². The molecule has 0 atom stereocenters. The van der Waals surface area contributed by atoms with E-state index in [0.29, 0.717) is 5.56 Å². The average molecular weight is 261 g/mol. The van der Waals surface area contributed by atoms with Crippen LogP contribution in [0.1, 0.15) is 17.0 Å². The first-order valence-corrected chi connectivity index (χ1v) is 6.68. The second kappa shape index (κ2) is 5.18. The summed E-state index contributed by atoms with van der Waals surface area (Å²) in [6.45, 7) is 0. The molecule has 0 saturated carbocycles. The first-order chi connectivity index (χ1) is 9.79. The number of aromatic nitrogens is 2. The highest BCUT2D eigenvalue weighted by molar-refractivity contribution is 5.82. The predicted octanol–water partition coefficient (Wildman–Crippen LogP) is 3.23. The van der Waals surface area contributed by atoms with Crippen LogP contribution < -0.4 is 0 Å². The Kier molecular flexibility index (Phi) is 3.22. The predicted molar refractivity (Wildman–Crippen MR) is 79.3 cm³/mol. The molecule has 0 bridgehead atoms. The Hall–Kier alpha value is -2.60. The Balaban J connectivity index is 1.93. The molecule has 20 heavy (non-hydrogen) atoms. The molecule has 0 fully saturated rings. The van der Waals surface area contributed by atoms with Crippen molar-refractivity contribution < 1.29 is 0 Å². The number of aryl methyl sites for hydroxylation is 3.